The molecule has 2 rings (SSSR count). The van der Waals surface area contributed by atoms with E-state index in [4.69, 9.17) is 19.3 Å². The van der Waals surface area contributed by atoms with Crippen LogP contribution in [0.25, 0.3) is 6.08 Å². The van der Waals surface area contributed by atoms with E-state index in [0.717, 1.165) is 5.56 Å². The molecule has 0 spiro atoms. The number of rotatable bonds is 8. The summed E-state index contributed by atoms with van der Waals surface area (Å²) in [5, 5.41) is 18.4. The van der Waals surface area contributed by atoms with E-state index < -0.39 is 6.10 Å². The largest absolute Gasteiger partial charge is 0.493 e. The van der Waals surface area contributed by atoms with Crippen LogP contribution in [0.1, 0.15) is 5.56 Å². The quantitative estimate of drug-likeness (QED) is 0.601. The first-order valence-corrected chi connectivity index (χ1v) is 8.80. The van der Waals surface area contributed by atoms with E-state index in [9.17, 15) is 9.90 Å². The molecule has 1 aliphatic rings. The van der Waals surface area contributed by atoms with Crippen LogP contribution in [0, 0.1) is 0 Å². The molecular formula is C19H29ClN2O6. The molecule has 9 heteroatoms. The second-order valence-corrected chi connectivity index (χ2v) is 6.25. The van der Waals surface area contributed by atoms with Crippen molar-refractivity contribution < 1.29 is 29.2 Å². The van der Waals surface area contributed by atoms with Gasteiger partial charge in [-0.25, -0.2) is 0 Å². The smallest absolute Gasteiger partial charge is 0.246 e. The van der Waals surface area contributed by atoms with Crippen LogP contribution in [-0.2, 0) is 4.79 Å². The Morgan fingerprint density at radius 1 is 1.11 bits per heavy atom. The maximum absolute atomic E-state index is 12.4. The molecule has 0 bridgehead atoms. The minimum atomic E-state index is -0.743. The van der Waals surface area contributed by atoms with E-state index >= 15 is 0 Å². The predicted molar refractivity (Wildman–Crippen MR) is 108 cm³/mol. The summed E-state index contributed by atoms with van der Waals surface area (Å²) >= 11 is 0. The lowest BCUT2D eigenvalue weighted by atomic mass is 10.1. The van der Waals surface area contributed by atoms with Crippen LogP contribution >= 0.6 is 12.4 Å². The number of β-amino-alcohol motifs (C(OH)–C–C–N with tert-alkyl or cyclic N) is 1. The van der Waals surface area contributed by atoms with Crippen molar-refractivity contribution >= 4 is 24.4 Å². The van der Waals surface area contributed by atoms with Crippen LogP contribution in [0.2, 0.25) is 0 Å². The van der Waals surface area contributed by atoms with Gasteiger partial charge in [0.1, 0.15) is 0 Å². The number of carbonyl (C=O) groups excluding carboxylic acids is 1. The molecule has 1 saturated heterocycles. The van der Waals surface area contributed by atoms with E-state index in [1.54, 1.807) is 44.4 Å². The first-order valence-electron chi connectivity index (χ1n) is 8.80. The summed E-state index contributed by atoms with van der Waals surface area (Å²) < 4.78 is 15.9. The van der Waals surface area contributed by atoms with Gasteiger partial charge in [-0.1, -0.05) is 0 Å². The number of hydrogen-bond acceptors (Lipinski definition) is 7. The van der Waals surface area contributed by atoms with Crippen molar-refractivity contribution in [2.75, 3.05) is 60.7 Å². The lowest BCUT2D eigenvalue weighted by Crippen LogP contribution is -2.50. The molecule has 1 unspecified atom stereocenters. The highest BCUT2D eigenvalue weighted by Crippen LogP contribution is 2.38. The molecule has 0 radical (unpaired) electrons. The first kappa shape index (κ1) is 24.0. The zero-order chi connectivity index (χ0) is 19.8. The molecule has 0 saturated carbocycles. The predicted octanol–water partition coefficient (Wildman–Crippen LogP) is 0.645. The summed E-state index contributed by atoms with van der Waals surface area (Å²) in [5.74, 6) is 1.48. The highest BCUT2D eigenvalue weighted by atomic mass is 35.5. The Morgan fingerprint density at radius 3 is 2.14 bits per heavy atom. The Balaban J connectivity index is 0.00000392. The zero-order valence-electron chi connectivity index (χ0n) is 16.5. The summed E-state index contributed by atoms with van der Waals surface area (Å²) in [4.78, 5) is 16.2. The monoisotopic (exact) mass is 416 g/mol. The highest BCUT2D eigenvalue weighted by Gasteiger charge is 2.21. The lowest BCUT2D eigenvalue weighted by molar-refractivity contribution is -0.127. The van der Waals surface area contributed by atoms with E-state index in [1.807, 2.05) is 4.90 Å². The Labute approximate surface area is 171 Å². The number of hydrogen-bond donors (Lipinski definition) is 2. The molecule has 2 N–H and O–H groups in total. The molecular weight excluding hydrogens is 388 g/mol. The average Bonchev–Trinajstić information content (AvgIpc) is 2.71. The van der Waals surface area contributed by atoms with Gasteiger partial charge in [0.15, 0.2) is 11.5 Å². The maximum atomic E-state index is 12.4. The zero-order valence-corrected chi connectivity index (χ0v) is 17.3. The van der Waals surface area contributed by atoms with E-state index in [-0.39, 0.29) is 24.9 Å². The van der Waals surface area contributed by atoms with Gasteiger partial charge in [0.2, 0.25) is 11.7 Å². The number of amides is 1. The summed E-state index contributed by atoms with van der Waals surface area (Å²) in [5.41, 5.74) is 0.766. The highest BCUT2D eigenvalue weighted by molar-refractivity contribution is 5.92. The number of methoxy groups -OCH3 is 3. The van der Waals surface area contributed by atoms with Crippen molar-refractivity contribution in [2.24, 2.45) is 0 Å². The third kappa shape index (κ3) is 6.27. The van der Waals surface area contributed by atoms with Crippen LogP contribution in [-0.4, -0.2) is 92.7 Å². The van der Waals surface area contributed by atoms with Gasteiger partial charge in [-0.05, 0) is 23.8 Å². The fraction of sp³-hybridized carbons (Fsp3) is 0.526. The van der Waals surface area contributed by atoms with Gasteiger partial charge >= 0.3 is 0 Å². The minimum Gasteiger partial charge on any atom is -0.493 e. The number of nitrogens with zero attached hydrogens (tertiary/aromatic N) is 2. The first-order chi connectivity index (χ1) is 13.0. The van der Waals surface area contributed by atoms with Gasteiger partial charge in [-0.2, -0.15) is 0 Å². The SMILES string of the molecule is COc1cc(/C=C/C(=O)N2CCN(CC(O)CO)CC2)cc(OC)c1OC.Cl. The van der Waals surface area contributed by atoms with E-state index in [0.29, 0.717) is 50.0 Å². The molecule has 1 aliphatic heterocycles. The van der Waals surface area contributed by atoms with E-state index in [2.05, 4.69) is 0 Å². The molecule has 28 heavy (non-hydrogen) atoms. The minimum absolute atomic E-state index is 0. The summed E-state index contributed by atoms with van der Waals surface area (Å²) in [6.45, 7) is 2.66. The second-order valence-electron chi connectivity index (χ2n) is 6.25. The summed E-state index contributed by atoms with van der Waals surface area (Å²) in [6.07, 6.45) is 2.50. The maximum Gasteiger partial charge on any atom is 0.246 e. The molecule has 1 atom stereocenters. The molecule has 0 aromatic heterocycles. The average molecular weight is 417 g/mol. The van der Waals surface area contributed by atoms with Crippen LogP contribution < -0.4 is 14.2 Å². The Bertz CT molecular complexity index is 637. The molecule has 158 valence electrons. The molecule has 8 nitrogen and oxygen atoms in total. The van der Waals surface area contributed by atoms with Crippen molar-refractivity contribution in [2.45, 2.75) is 6.10 Å². The van der Waals surface area contributed by atoms with Crippen molar-refractivity contribution in [3.05, 3.63) is 23.8 Å². The van der Waals surface area contributed by atoms with Gasteiger partial charge < -0.3 is 29.3 Å². The van der Waals surface area contributed by atoms with Crippen molar-refractivity contribution in [3.8, 4) is 17.2 Å². The lowest BCUT2D eigenvalue weighted by Gasteiger charge is -2.34. The molecule has 1 aromatic rings. The Kier molecular flexibility index (Phi) is 10.1. The van der Waals surface area contributed by atoms with Gasteiger partial charge in [0, 0.05) is 38.8 Å². The van der Waals surface area contributed by atoms with Gasteiger partial charge in [-0.3, -0.25) is 9.69 Å². The Hall–Kier alpha value is -2.00. The fourth-order valence-corrected chi connectivity index (χ4v) is 2.98. The number of piperazine rings is 1. The number of halogens is 1. The van der Waals surface area contributed by atoms with Crippen molar-refractivity contribution in [1.82, 2.24) is 9.80 Å². The number of benzene rings is 1. The number of aliphatic hydroxyl groups excluding tert-OH is 2. The molecule has 1 amide bonds. The summed E-state index contributed by atoms with van der Waals surface area (Å²) in [6, 6.07) is 3.55. The van der Waals surface area contributed by atoms with Crippen LogP contribution in [0.15, 0.2) is 18.2 Å². The van der Waals surface area contributed by atoms with Crippen LogP contribution in [0.4, 0.5) is 0 Å². The second kappa shape index (κ2) is 11.8. The van der Waals surface area contributed by atoms with Gasteiger partial charge in [0.05, 0.1) is 34.0 Å². The fourth-order valence-electron chi connectivity index (χ4n) is 2.98. The Morgan fingerprint density at radius 2 is 1.68 bits per heavy atom. The topological polar surface area (TPSA) is 91.7 Å². The molecule has 1 heterocycles. The normalized spacial score (nSPS) is 15.8. The number of ether oxygens (including phenoxy) is 3. The van der Waals surface area contributed by atoms with Crippen LogP contribution in [0.5, 0.6) is 17.2 Å². The van der Waals surface area contributed by atoms with Gasteiger partial charge in [-0.15, -0.1) is 12.4 Å². The van der Waals surface area contributed by atoms with Crippen molar-refractivity contribution in [1.29, 1.82) is 0 Å². The van der Waals surface area contributed by atoms with Crippen molar-refractivity contribution in [3.63, 3.8) is 0 Å². The third-order valence-electron chi connectivity index (χ3n) is 4.47. The standard InChI is InChI=1S/C19H28N2O6.ClH/c1-25-16-10-14(11-17(26-2)19(16)27-3)4-5-18(24)21-8-6-20(7-9-21)12-15(23)13-22;/h4-5,10-11,15,22-23H,6-9,12-13H2,1-3H3;1H/b5-4+;. The molecule has 1 fully saturated rings. The third-order valence-corrected chi connectivity index (χ3v) is 4.47. The molecule has 1 aromatic carbocycles. The van der Waals surface area contributed by atoms with Crippen LogP contribution in [0.3, 0.4) is 0 Å². The molecule has 0 aliphatic carbocycles. The number of carbonyl (C=O) groups is 1. The number of aliphatic hydroxyl groups is 2. The summed E-state index contributed by atoms with van der Waals surface area (Å²) in [7, 11) is 4.63. The van der Waals surface area contributed by atoms with E-state index in [1.165, 1.54) is 6.08 Å². The van der Waals surface area contributed by atoms with Gasteiger partial charge in [0.25, 0.3) is 0 Å².